The molecule has 8 heteroatoms. The molecule has 2 atom stereocenters. The van der Waals surface area contributed by atoms with E-state index in [1.165, 1.54) is 6.08 Å². The SMILES string of the molecule is CCOC(=O)/C=C/C[C@H](CO[Si](C)(C)C(C)(C)C)[C@H](NC(=O)OC(C)(C)C)c1ccco1. The lowest BCUT2D eigenvalue weighted by atomic mass is 9.94. The summed E-state index contributed by atoms with van der Waals surface area (Å²) in [7, 11) is -2.04. The average molecular weight is 468 g/mol. The predicted molar refractivity (Wildman–Crippen MR) is 128 cm³/mol. The fraction of sp³-hybridized carbons (Fsp3) is 0.667. The minimum atomic E-state index is -2.04. The smallest absolute Gasteiger partial charge is 0.408 e. The molecular formula is C24H41NO6Si. The molecule has 0 bridgehead atoms. The van der Waals surface area contributed by atoms with Crippen LogP contribution in [0.5, 0.6) is 0 Å². The first-order valence-electron chi connectivity index (χ1n) is 11.2. The molecule has 0 aromatic carbocycles. The lowest BCUT2D eigenvalue weighted by molar-refractivity contribution is -0.137. The van der Waals surface area contributed by atoms with Gasteiger partial charge in [-0.3, -0.25) is 0 Å². The molecule has 0 aliphatic carbocycles. The Balaban J connectivity index is 3.15. The van der Waals surface area contributed by atoms with Crippen LogP contribution < -0.4 is 5.32 Å². The van der Waals surface area contributed by atoms with Crippen LogP contribution in [0.15, 0.2) is 35.0 Å². The molecule has 1 heterocycles. The second-order valence-electron chi connectivity index (χ2n) is 10.4. The Labute approximate surface area is 194 Å². The van der Waals surface area contributed by atoms with Gasteiger partial charge in [-0.15, -0.1) is 0 Å². The number of amides is 1. The van der Waals surface area contributed by atoms with Crippen LogP contribution in [0.3, 0.4) is 0 Å². The Morgan fingerprint density at radius 2 is 1.84 bits per heavy atom. The normalized spacial score (nSPS) is 14.8. The minimum absolute atomic E-state index is 0.0388. The molecule has 7 nitrogen and oxygen atoms in total. The number of ether oxygens (including phenoxy) is 2. The molecule has 1 N–H and O–H groups in total. The standard InChI is InChI=1S/C24H41NO6Si/c1-10-28-20(26)15-11-13-18(17-30-32(8,9)24(5,6)7)21(19-14-12-16-29-19)25-22(27)31-23(2,3)4/h11-12,14-16,18,21H,10,13,17H2,1-9H3,(H,25,27)/b15-11+/t18-,21+/m1/s1. The van der Waals surface area contributed by atoms with Crippen molar-refractivity contribution < 1.29 is 27.9 Å². The number of carbonyl (C=O) groups excluding carboxylic acids is 2. The molecule has 1 aromatic rings. The van der Waals surface area contributed by atoms with Crippen molar-refractivity contribution in [1.82, 2.24) is 5.32 Å². The van der Waals surface area contributed by atoms with E-state index in [2.05, 4.69) is 39.2 Å². The van der Waals surface area contributed by atoms with Crippen LogP contribution in [-0.4, -0.2) is 39.2 Å². The zero-order chi connectivity index (χ0) is 24.6. The van der Waals surface area contributed by atoms with Crippen molar-refractivity contribution in [3.8, 4) is 0 Å². The molecule has 0 aliphatic rings. The van der Waals surface area contributed by atoms with E-state index < -0.39 is 32.0 Å². The number of esters is 1. The van der Waals surface area contributed by atoms with Crippen LogP contribution >= 0.6 is 0 Å². The van der Waals surface area contributed by atoms with E-state index in [9.17, 15) is 9.59 Å². The minimum Gasteiger partial charge on any atom is -0.467 e. The fourth-order valence-corrected chi connectivity index (χ4v) is 3.75. The van der Waals surface area contributed by atoms with E-state index in [-0.39, 0.29) is 11.0 Å². The van der Waals surface area contributed by atoms with Crippen LogP contribution in [0.1, 0.15) is 66.7 Å². The van der Waals surface area contributed by atoms with E-state index in [0.29, 0.717) is 25.4 Å². The number of hydrogen-bond donors (Lipinski definition) is 1. The quantitative estimate of drug-likeness (QED) is 0.258. The number of nitrogens with one attached hydrogen (secondary N) is 1. The highest BCUT2D eigenvalue weighted by Gasteiger charge is 2.39. The first-order chi connectivity index (χ1) is 14.7. The van der Waals surface area contributed by atoms with Gasteiger partial charge in [0.15, 0.2) is 8.32 Å². The first-order valence-corrected chi connectivity index (χ1v) is 14.1. The third kappa shape index (κ3) is 9.61. The van der Waals surface area contributed by atoms with E-state index >= 15 is 0 Å². The van der Waals surface area contributed by atoms with E-state index in [4.69, 9.17) is 18.3 Å². The molecule has 1 rings (SSSR count). The van der Waals surface area contributed by atoms with Gasteiger partial charge in [-0.1, -0.05) is 26.8 Å². The van der Waals surface area contributed by atoms with Gasteiger partial charge in [-0.25, -0.2) is 9.59 Å². The monoisotopic (exact) mass is 467 g/mol. The number of furan rings is 1. The Morgan fingerprint density at radius 1 is 1.19 bits per heavy atom. The number of allylic oxidation sites excluding steroid dienone is 1. The van der Waals surface area contributed by atoms with Gasteiger partial charge in [-0.05, 0) is 64.4 Å². The maximum Gasteiger partial charge on any atom is 0.408 e. The first kappa shape index (κ1) is 28.0. The summed E-state index contributed by atoms with van der Waals surface area (Å²) in [4.78, 5) is 24.4. The molecule has 0 aliphatic heterocycles. The number of alkyl carbamates (subject to hydrolysis) is 1. The summed E-state index contributed by atoms with van der Waals surface area (Å²) in [5.41, 5.74) is -0.630. The van der Waals surface area contributed by atoms with E-state index in [1.54, 1.807) is 25.3 Å². The van der Waals surface area contributed by atoms with Gasteiger partial charge in [0.1, 0.15) is 11.4 Å². The zero-order valence-corrected chi connectivity index (χ0v) is 22.1. The van der Waals surface area contributed by atoms with E-state index in [0.717, 1.165) is 0 Å². The molecule has 1 aromatic heterocycles. The van der Waals surface area contributed by atoms with Crippen molar-refractivity contribution in [3.05, 3.63) is 36.3 Å². The Bertz CT molecular complexity index is 744. The second-order valence-corrected chi connectivity index (χ2v) is 15.2. The Hall–Kier alpha value is -2.06. The van der Waals surface area contributed by atoms with Gasteiger partial charge in [0, 0.05) is 18.6 Å². The van der Waals surface area contributed by atoms with Gasteiger partial charge < -0.3 is 23.6 Å². The van der Waals surface area contributed by atoms with Crippen molar-refractivity contribution in [2.75, 3.05) is 13.2 Å². The molecule has 0 saturated heterocycles. The molecule has 1 amide bonds. The summed E-state index contributed by atoms with van der Waals surface area (Å²) in [5, 5.41) is 2.98. The molecule has 0 spiro atoms. The number of hydrogen-bond acceptors (Lipinski definition) is 6. The van der Waals surface area contributed by atoms with Gasteiger partial charge >= 0.3 is 12.1 Å². The van der Waals surface area contributed by atoms with Crippen LogP contribution in [0.4, 0.5) is 4.79 Å². The van der Waals surface area contributed by atoms with Crippen LogP contribution in [-0.2, 0) is 18.7 Å². The maximum atomic E-state index is 12.6. The van der Waals surface area contributed by atoms with Crippen molar-refractivity contribution >= 4 is 20.4 Å². The summed E-state index contributed by atoms with van der Waals surface area (Å²) in [5.74, 6) is 0.0175. The van der Waals surface area contributed by atoms with Gasteiger partial charge in [-0.2, -0.15) is 0 Å². The highest BCUT2D eigenvalue weighted by atomic mass is 28.4. The molecule has 0 unspecified atom stereocenters. The summed E-state index contributed by atoms with van der Waals surface area (Å²) < 4.78 is 22.6. The third-order valence-corrected chi connectivity index (χ3v) is 9.94. The van der Waals surface area contributed by atoms with Gasteiger partial charge in [0.2, 0.25) is 0 Å². The Kier molecular flexibility index (Phi) is 10.2. The predicted octanol–water partition coefficient (Wildman–Crippen LogP) is 5.99. The summed E-state index contributed by atoms with van der Waals surface area (Å²) in [6, 6.07) is 3.10. The Morgan fingerprint density at radius 3 is 2.34 bits per heavy atom. The van der Waals surface area contributed by atoms with Crippen molar-refractivity contribution in [2.24, 2.45) is 5.92 Å². The van der Waals surface area contributed by atoms with Crippen molar-refractivity contribution in [3.63, 3.8) is 0 Å². The number of rotatable bonds is 10. The molecule has 0 saturated carbocycles. The highest BCUT2D eigenvalue weighted by molar-refractivity contribution is 6.74. The molecule has 182 valence electrons. The maximum absolute atomic E-state index is 12.6. The van der Waals surface area contributed by atoms with Crippen LogP contribution in [0.25, 0.3) is 0 Å². The molecule has 0 radical (unpaired) electrons. The summed E-state index contributed by atoms with van der Waals surface area (Å²) in [6.45, 7) is 18.8. The molecular weight excluding hydrogens is 426 g/mol. The van der Waals surface area contributed by atoms with E-state index in [1.807, 2.05) is 26.8 Å². The fourth-order valence-electron chi connectivity index (χ4n) is 2.69. The molecule has 32 heavy (non-hydrogen) atoms. The van der Waals surface area contributed by atoms with Gasteiger partial charge in [0.05, 0.1) is 18.9 Å². The van der Waals surface area contributed by atoms with Crippen LogP contribution in [0.2, 0.25) is 18.1 Å². The highest BCUT2D eigenvalue weighted by Crippen LogP contribution is 2.38. The van der Waals surface area contributed by atoms with Crippen molar-refractivity contribution in [2.45, 2.75) is 84.7 Å². The average Bonchev–Trinajstić information content (AvgIpc) is 3.15. The molecule has 0 fully saturated rings. The van der Waals surface area contributed by atoms with Crippen LogP contribution in [0, 0.1) is 5.92 Å². The lowest BCUT2D eigenvalue weighted by Crippen LogP contribution is -2.44. The topological polar surface area (TPSA) is 87.0 Å². The third-order valence-electron chi connectivity index (χ3n) is 5.44. The lowest BCUT2D eigenvalue weighted by Gasteiger charge is -2.38. The largest absolute Gasteiger partial charge is 0.467 e. The van der Waals surface area contributed by atoms with Gasteiger partial charge in [0.25, 0.3) is 0 Å². The summed E-state index contributed by atoms with van der Waals surface area (Å²) >= 11 is 0. The summed E-state index contributed by atoms with van der Waals surface area (Å²) in [6.07, 6.45) is 4.68. The van der Waals surface area contributed by atoms with Crippen molar-refractivity contribution in [1.29, 1.82) is 0 Å². The zero-order valence-electron chi connectivity index (χ0n) is 21.1. The number of carbonyl (C=O) groups is 2. The second kappa shape index (κ2) is 11.7.